The van der Waals surface area contributed by atoms with Crippen LogP contribution in [0.3, 0.4) is 0 Å². The van der Waals surface area contributed by atoms with Gasteiger partial charge in [-0.1, -0.05) is 28.9 Å². The molecule has 0 fully saturated rings. The largest absolute Gasteiger partial charge is 1.00 e. The molecule has 2 rings (SSSR count). The van der Waals surface area contributed by atoms with E-state index >= 15 is 0 Å². The molecule has 0 bridgehead atoms. The fourth-order valence-electron chi connectivity index (χ4n) is 2.05. The molecular formula is C17H24ClIN2O3. The van der Waals surface area contributed by atoms with Crippen molar-refractivity contribution in [1.82, 2.24) is 5.16 Å². The van der Waals surface area contributed by atoms with E-state index in [-0.39, 0.29) is 30.6 Å². The van der Waals surface area contributed by atoms with Crippen molar-refractivity contribution in [3.05, 3.63) is 40.7 Å². The zero-order valence-electron chi connectivity index (χ0n) is 14.5. The zero-order valence-corrected chi connectivity index (χ0v) is 17.4. The van der Waals surface area contributed by atoms with Crippen molar-refractivity contribution in [3.63, 3.8) is 0 Å². The van der Waals surface area contributed by atoms with Gasteiger partial charge in [0.05, 0.1) is 40.0 Å². The van der Waals surface area contributed by atoms with Crippen LogP contribution >= 0.6 is 11.6 Å². The van der Waals surface area contributed by atoms with Gasteiger partial charge in [0.25, 0.3) is 0 Å². The second-order valence-corrected chi connectivity index (χ2v) is 6.83. The number of para-hydroxylation sites is 2. The Balaban J connectivity index is 0.00000288. The van der Waals surface area contributed by atoms with Gasteiger partial charge in [-0.2, -0.15) is 0 Å². The molecule has 7 heteroatoms. The summed E-state index contributed by atoms with van der Waals surface area (Å²) in [4.78, 5) is 0. The second-order valence-electron chi connectivity index (χ2n) is 6.46. The first kappa shape index (κ1) is 21.1. The van der Waals surface area contributed by atoms with Crippen molar-refractivity contribution in [2.45, 2.75) is 20.0 Å². The van der Waals surface area contributed by atoms with Gasteiger partial charge in [-0.3, -0.25) is 0 Å². The summed E-state index contributed by atoms with van der Waals surface area (Å²) < 4.78 is 17.7. The van der Waals surface area contributed by atoms with Crippen LogP contribution in [0.2, 0.25) is 5.02 Å². The molecule has 5 nitrogen and oxygen atoms in total. The van der Waals surface area contributed by atoms with Crippen molar-refractivity contribution < 1.29 is 42.5 Å². The highest BCUT2D eigenvalue weighted by atomic mass is 127. The lowest BCUT2D eigenvalue weighted by molar-refractivity contribution is -0.870. The van der Waals surface area contributed by atoms with Gasteiger partial charge in [0, 0.05) is 6.42 Å². The molecule has 0 aliphatic heterocycles. The van der Waals surface area contributed by atoms with Gasteiger partial charge >= 0.3 is 0 Å². The number of halogens is 2. The quantitative estimate of drug-likeness (QED) is 0.326. The van der Waals surface area contributed by atoms with Gasteiger partial charge in [0.15, 0.2) is 23.9 Å². The van der Waals surface area contributed by atoms with E-state index in [2.05, 4.69) is 26.3 Å². The lowest BCUT2D eigenvalue weighted by atomic mass is 10.3. The lowest BCUT2D eigenvalue weighted by Crippen LogP contribution is -3.00. The maximum absolute atomic E-state index is 6.09. The molecule has 1 aromatic carbocycles. The van der Waals surface area contributed by atoms with Crippen LogP contribution in [0.25, 0.3) is 0 Å². The molecule has 0 atom stereocenters. The normalized spacial score (nSPS) is 11.0. The zero-order chi connectivity index (χ0) is 16.9. The number of hydrogen-bond acceptors (Lipinski definition) is 4. The van der Waals surface area contributed by atoms with Crippen LogP contribution in [0.5, 0.6) is 11.5 Å². The summed E-state index contributed by atoms with van der Waals surface area (Å²) in [5.41, 5.74) is 0.662. The van der Waals surface area contributed by atoms with E-state index in [1.807, 2.05) is 24.3 Å². The van der Waals surface area contributed by atoms with E-state index in [0.717, 1.165) is 23.2 Å². The topological polar surface area (TPSA) is 44.5 Å². The van der Waals surface area contributed by atoms with Crippen LogP contribution in [0, 0.1) is 6.92 Å². The predicted octanol–water partition coefficient (Wildman–Crippen LogP) is 0.695. The SMILES string of the molecule is Cc1noc(COc2ccccc2OCCC[N+](C)(C)C)c1Cl.[I-]. The average Bonchev–Trinajstić information content (AvgIpc) is 2.81. The molecule has 1 heterocycles. The van der Waals surface area contributed by atoms with Crippen molar-refractivity contribution in [2.75, 3.05) is 34.3 Å². The van der Waals surface area contributed by atoms with Crippen LogP contribution in [0.15, 0.2) is 28.8 Å². The van der Waals surface area contributed by atoms with Crippen molar-refractivity contribution >= 4 is 11.6 Å². The Kier molecular flexibility index (Phi) is 8.32. The van der Waals surface area contributed by atoms with E-state index in [9.17, 15) is 0 Å². The molecule has 0 saturated carbocycles. The summed E-state index contributed by atoms with van der Waals surface area (Å²) in [6.07, 6.45) is 0.977. The summed E-state index contributed by atoms with van der Waals surface area (Å²) in [5, 5.41) is 4.32. The fraction of sp³-hybridized carbons (Fsp3) is 0.471. The van der Waals surface area contributed by atoms with E-state index in [1.54, 1.807) is 6.92 Å². The van der Waals surface area contributed by atoms with Gasteiger partial charge in [-0.25, -0.2) is 0 Å². The number of nitrogens with zero attached hydrogens (tertiary/aromatic N) is 2. The Bertz CT molecular complexity index is 641. The van der Waals surface area contributed by atoms with Crippen LogP contribution in [-0.4, -0.2) is 43.9 Å². The number of benzene rings is 1. The molecule has 0 unspecified atom stereocenters. The van der Waals surface area contributed by atoms with E-state index in [1.165, 1.54) is 0 Å². The average molecular weight is 467 g/mol. The summed E-state index contributed by atoms with van der Waals surface area (Å²) >= 11 is 6.09. The smallest absolute Gasteiger partial charge is 0.192 e. The van der Waals surface area contributed by atoms with Crippen LogP contribution < -0.4 is 33.5 Å². The third kappa shape index (κ3) is 6.49. The number of quaternary nitrogens is 1. The molecule has 1 aromatic heterocycles. The molecule has 0 amide bonds. The minimum atomic E-state index is 0. The Morgan fingerprint density at radius 3 is 2.29 bits per heavy atom. The molecule has 0 aliphatic rings. The van der Waals surface area contributed by atoms with Crippen molar-refractivity contribution in [1.29, 1.82) is 0 Å². The van der Waals surface area contributed by atoms with Crippen LogP contribution in [0.1, 0.15) is 17.9 Å². The number of aryl methyl sites for hydroxylation is 1. The fourth-order valence-corrected chi connectivity index (χ4v) is 2.17. The number of rotatable bonds is 8. The molecule has 2 aromatic rings. The standard InChI is InChI=1S/C17H24ClN2O3.HI/c1-13-17(18)16(23-19-13)12-22-15-9-6-5-8-14(15)21-11-7-10-20(2,3)4;/h5-6,8-9H,7,10-12H2,1-4H3;1H/q+1;/p-1. The molecule has 0 spiro atoms. The molecular weight excluding hydrogens is 443 g/mol. The molecule has 134 valence electrons. The lowest BCUT2D eigenvalue weighted by Gasteiger charge is -2.23. The van der Waals surface area contributed by atoms with Gasteiger partial charge in [0.2, 0.25) is 0 Å². The molecule has 0 aliphatic carbocycles. The van der Waals surface area contributed by atoms with Gasteiger partial charge in [0.1, 0.15) is 5.02 Å². The Morgan fingerprint density at radius 2 is 1.75 bits per heavy atom. The second kappa shape index (κ2) is 9.48. The highest BCUT2D eigenvalue weighted by Crippen LogP contribution is 2.29. The van der Waals surface area contributed by atoms with Gasteiger partial charge < -0.3 is 42.5 Å². The van der Waals surface area contributed by atoms with Crippen molar-refractivity contribution in [3.8, 4) is 11.5 Å². The molecule has 24 heavy (non-hydrogen) atoms. The summed E-state index contributed by atoms with van der Waals surface area (Å²) in [7, 11) is 6.50. The number of ether oxygens (including phenoxy) is 2. The minimum absolute atomic E-state index is 0. The van der Waals surface area contributed by atoms with E-state index < -0.39 is 0 Å². The van der Waals surface area contributed by atoms with Gasteiger partial charge in [-0.15, -0.1) is 0 Å². The molecule has 0 radical (unpaired) electrons. The first-order chi connectivity index (χ1) is 10.9. The van der Waals surface area contributed by atoms with Gasteiger partial charge in [-0.05, 0) is 19.1 Å². The maximum Gasteiger partial charge on any atom is 0.192 e. The van der Waals surface area contributed by atoms with E-state index in [4.69, 9.17) is 25.6 Å². The maximum atomic E-state index is 6.09. The summed E-state index contributed by atoms with van der Waals surface area (Å²) in [5.74, 6) is 1.91. The molecule has 0 saturated heterocycles. The Morgan fingerprint density at radius 1 is 1.12 bits per heavy atom. The number of hydrogen-bond donors (Lipinski definition) is 0. The predicted molar refractivity (Wildman–Crippen MR) is 90.0 cm³/mol. The first-order valence-electron chi connectivity index (χ1n) is 7.62. The minimum Gasteiger partial charge on any atom is -1.00 e. The monoisotopic (exact) mass is 466 g/mol. The molecule has 0 N–H and O–H groups in total. The van der Waals surface area contributed by atoms with E-state index in [0.29, 0.717) is 28.8 Å². The highest BCUT2D eigenvalue weighted by molar-refractivity contribution is 6.31. The first-order valence-corrected chi connectivity index (χ1v) is 8.00. The van der Waals surface area contributed by atoms with Crippen LogP contribution in [-0.2, 0) is 6.61 Å². The Hall–Kier alpha value is -0.990. The third-order valence-corrected chi connectivity index (χ3v) is 3.78. The number of aromatic nitrogens is 1. The highest BCUT2D eigenvalue weighted by Gasteiger charge is 2.13. The van der Waals surface area contributed by atoms with Crippen LogP contribution in [0.4, 0.5) is 0 Å². The summed E-state index contributed by atoms with van der Waals surface area (Å²) in [6.45, 7) is 3.72. The Labute approximate surface area is 165 Å². The third-order valence-electron chi connectivity index (χ3n) is 3.29. The van der Waals surface area contributed by atoms with Crippen molar-refractivity contribution in [2.24, 2.45) is 0 Å². The summed E-state index contributed by atoms with van der Waals surface area (Å²) in [6, 6.07) is 7.59.